The summed E-state index contributed by atoms with van der Waals surface area (Å²) in [6, 6.07) is 1.81. The van der Waals surface area contributed by atoms with Crippen LogP contribution in [0.2, 0.25) is 0 Å². The number of fused-ring (bicyclic) bond motifs is 3. The number of hydrogen-bond acceptors (Lipinski definition) is 1. The molecule has 0 aromatic carbocycles. The van der Waals surface area contributed by atoms with Gasteiger partial charge in [0.25, 0.3) is 0 Å². The van der Waals surface area contributed by atoms with Crippen molar-refractivity contribution >= 4 is 0 Å². The van der Waals surface area contributed by atoms with Gasteiger partial charge in [0.2, 0.25) is 0 Å². The molecular weight excluding hydrogens is 182 g/mol. The Labute approximate surface area is 94.0 Å². The van der Waals surface area contributed by atoms with Gasteiger partial charge < -0.3 is 5.32 Å². The third-order valence-electron chi connectivity index (χ3n) is 5.12. The first-order chi connectivity index (χ1) is 7.45. The van der Waals surface area contributed by atoms with Crippen molar-refractivity contribution in [2.75, 3.05) is 0 Å². The Kier molecular flexibility index (Phi) is 3.01. The standard InChI is InChI=1S/C14H25N/c1-3-7-11-12-8-4-2-6-10-14(12)15-13(11)9-5-1/h11-15H,1-10H2. The first-order valence-electron chi connectivity index (χ1n) is 7.21. The van der Waals surface area contributed by atoms with Gasteiger partial charge in [-0.3, -0.25) is 0 Å². The van der Waals surface area contributed by atoms with Crippen LogP contribution in [0.15, 0.2) is 0 Å². The van der Waals surface area contributed by atoms with Crippen molar-refractivity contribution in [3.63, 3.8) is 0 Å². The maximum Gasteiger partial charge on any atom is 0.0101 e. The van der Waals surface area contributed by atoms with Crippen molar-refractivity contribution in [2.45, 2.75) is 76.3 Å². The monoisotopic (exact) mass is 207 g/mol. The Morgan fingerprint density at radius 2 is 1.00 bits per heavy atom. The fourth-order valence-electron chi connectivity index (χ4n) is 4.39. The smallest absolute Gasteiger partial charge is 0.0101 e. The van der Waals surface area contributed by atoms with Crippen molar-refractivity contribution in [3.05, 3.63) is 0 Å². The van der Waals surface area contributed by atoms with Crippen molar-refractivity contribution in [2.24, 2.45) is 11.8 Å². The van der Waals surface area contributed by atoms with Gasteiger partial charge in [-0.1, -0.05) is 38.5 Å². The molecule has 4 unspecified atom stereocenters. The lowest BCUT2D eigenvalue weighted by Gasteiger charge is -2.22. The Balaban J connectivity index is 1.74. The molecule has 1 nitrogen and oxygen atoms in total. The molecule has 0 radical (unpaired) electrons. The number of hydrogen-bond donors (Lipinski definition) is 1. The lowest BCUT2D eigenvalue weighted by Crippen LogP contribution is -2.31. The highest BCUT2D eigenvalue weighted by Gasteiger charge is 2.42. The van der Waals surface area contributed by atoms with Crippen LogP contribution in [0.1, 0.15) is 64.2 Å². The molecule has 3 rings (SSSR count). The summed E-state index contributed by atoms with van der Waals surface area (Å²) in [7, 11) is 0. The third-order valence-corrected chi connectivity index (χ3v) is 5.12. The lowest BCUT2D eigenvalue weighted by molar-refractivity contribution is 0.306. The van der Waals surface area contributed by atoms with E-state index in [-0.39, 0.29) is 0 Å². The van der Waals surface area contributed by atoms with E-state index in [4.69, 9.17) is 0 Å². The van der Waals surface area contributed by atoms with Crippen LogP contribution in [0.25, 0.3) is 0 Å². The summed E-state index contributed by atoms with van der Waals surface area (Å²) < 4.78 is 0. The van der Waals surface area contributed by atoms with Gasteiger partial charge in [0, 0.05) is 12.1 Å². The molecule has 0 amide bonds. The summed E-state index contributed by atoms with van der Waals surface area (Å²) in [6.07, 6.45) is 14.9. The van der Waals surface area contributed by atoms with Crippen LogP contribution >= 0.6 is 0 Å². The average Bonchev–Trinajstić information content (AvgIpc) is 2.51. The second-order valence-electron chi connectivity index (χ2n) is 5.98. The van der Waals surface area contributed by atoms with Gasteiger partial charge in [-0.2, -0.15) is 0 Å². The normalized spacial score (nSPS) is 46.4. The van der Waals surface area contributed by atoms with Crippen LogP contribution in [-0.4, -0.2) is 12.1 Å². The molecule has 0 aromatic rings. The third kappa shape index (κ3) is 1.95. The highest BCUT2D eigenvalue weighted by Crippen LogP contribution is 2.42. The van der Waals surface area contributed by atoms with Crippen molar-refractivity contribution in [1.82, 2.24) is 5.32 Å². The van der Waals surface area contributed by atoms with E-state index in [2.05, 4.69) is 5.32 Å². The Hall–Kier alpha value is -0.0400. The van der Waals surface area contributed by atoms with E-state index >= 15 is 0 Å². The lowest BCUT2D eigenvalue weighted by atomic mass is 9.81. The van der Waals surface area contributed by atoms with Crippen molar-refractivity contribution < 1.29 is 0 Å². The summed E-state index contributed by atoms with van der Waals surface area (Å²) in [6.45, 7) is 0. The van der Waals surface area contributed by atoms with Gasteiger partial charge in [-0.05, 0) is 37.5 Å². The predicted molar refractivity (Wildman–Crippen MR) is 63.9 cm³/mol. The molecule has 15 heavy (non-hydrogen) atoms. The van der Waals surface area contributed by atoms with E-state index in [9.17, 15) is 0 Å². The zero-order chi connectivity index (χ0) is 10.1. The molecule has 4 atom stereocenters. The van der Waals surface area contributed by atoms with Crippen LogP contribution in [0.5, 0.6) is 0 Å². The first-order valence-corrected chi connectivity index (χ1v) is 7.21. The van der Waals surface area contributed by atoms with E-state index in [1.54, 1.807) is 0 Å². The fraction of sp³-hybridized carbons (Fsp3) is 1.00. The SMILES string of the molecule is C1CCC2NC3CCCCCC3C2CC1. The Morgan fingerprint density at radius 3 is 1.53 bits per heavy atom. The minimum absolute atomic E-state index is 0.903. The Morgan fingerprint density at radius 1 is 0.533 bits per heavy atom. The van der Waals surface area contributed by atoms with Crippen LogP contribution in [0, 0.1) is 11.8 Å². The molecule has 1 saturated heterocycles. The quantitative estimate of drug-likeness (QED) is 0.641. The Bertz CT molecular complexity index is 191. The van der Waals surface area contributed by atoms with Gasteiger partial charge >= 0.3 is 0 Å². The van der Waals surface area contributed by atoms with E-state index in [0.717, 1.165) is 23.9 Å². The van der Waals surface area contributed by atoms with Crippen LogP contribution < -0.4 is 5.32 Å². The molecule has 1 aliphatic heterocycles. The summed E-state index contributed by atoms with van der Waals surface area (Å²) >= 11 is 0. The van der Waals surface area contributed by atoms with Crippen LogP contribution in [0.3, 0.4) is 0 Å². The zero-order valence-electron chi connectivity index (χ0n) is 9.88. The zero-order valence-corrected chi connectivity index (χ0v) is 9.88. The molecule has 2 saturated carbocycles. The summed E-state index contributed by atoms with van der Waals surface area (Å²) in [5, 5.41) is 3.97. The highest BCUT2D eigenvalue weighted by atomic mass is 15.0. The molecule has 0 bridgehead atoms. The molecule has 1 N–H and O–H groups in total. The van der Waals surface area contributed by atoms with E-state index in [1.165, 1.54) is 64.2 Å². The average molecular weight is 207 g/mol. The molecule has 0 aromatic heterocycles. The summed E-state index contributed by atoms with van der Waals surface area (Å²) in [4.78, 5) is 0. The van der Waals surface area contributed by atoms with Gasteiger partial charge in [0.1, 0.15) is 0 Å². The van der Waals surface area contributed by atoms with E-state index in [0.29, 0.717) is 0 Å². The van der Waals surface area contributed by atoms with Crippen LogP contribution in [-0.2, 0) is 0 Å². The molecule has 86 valence electrons. The van der Waals surface area contributed by atoms with Gasteiger partial charge in [0.05, 0.1) is 0 Å². The molecular formula is C14H25N. The fourth-order valence-corrected chi connectivity index (χ4v) is 4.39. The second-order valence-corrected chi connectivity index (χ2v) is 5.98. The van der Waals surface area contributed by atoms with E-state index < -0.39 is 0 Å². The largest absolute Gasteiger partial charge is 0.311 e. The van der Waals surface area contributed by atoms with Crippen LogP contribution in [0.4, 0.5) is 0 Å². The molecule has 1 heterocycles. The predicted octanol–water partition coefficient (Wildman–Crippen LogP) is 3.49. The topological polar surface area (TPSA) is 12.0 Å². The van der Waals surface area contributed by atoms with Gasteiger partial charge in [-0.25, -0.2) is 0 Å². The molecule has 2 aliphatic carbocycles. The molecule has 1 heteroatoms. The summed E-state index contributed by atoms with van der Waals surface area (Å²) in [5.41, 5.74) is 0. The van der Waals surface area contributed by atoms with Crippen molar-refractivity contribution in [3.8, 4) is 0 Å². The maximum absolute atomic E-state index is 3.97. The molecule has 3 fully saturated rings. The van der Waals surface area contributed by atoms with E-state index in [1.807, 2.05) is 0 Å². The minimum atomic E-state index is 0.903. The van der Waals surface area contributed by atoms with Gasteiger partial charge in [-0.15, -0.1) is 0 Å². The van der Waals surface area contributed by atoms with Gasteiger partial charge in [0.15, 0.2) is 0 Å². The summed E-state index contributed by atoms with van der Waals surface area (Å²) in [5.74, 6) is 2.10. The first kappa shape index (κ1) is 10.1. The second kappa shape index (κ2) is 4.45. The van der Waals surface area contributed by atoms with Crippen molar-refractivity contribution in [1.29, 1.82) is 0 Å². The minimum Gasteiger partial charge on any atom is -0.311 e. The number of nitrogens with one attached hydrogen (secondary N) is 1. The maximum atomic E-state index is 3.97. The highest BCUT2D eigenvalue weighted by molar-refractivity contribution is 4.98. The number of rotatable bonds is 0. The molecule has 0 spiro atoms. The molecule has 3 aliphatic rings.